The van der Waals surface area contributed by atoms with Gasteiger partial charge in [0.1, 0.15) is 6.54 Å². The van der Waals surface area contributed by atoms with Gasteiger partial charge in [-0.15, -0.1) is 4.40 Å². The molecular weight excluding hydrogens is 644 g/mol. The van der Waals surface area contributed by atoms with Gasteiger partial charge in [-0.2, -0.15) is 17.5 Å². The van der Waals surface area contributed by atoms with Crippen molar-refractivity contribution in [3.05, 3.63) is 90.1 Å². The standard InChI is InChI=1S/C27H24F3N5O6S3/c1-18-7-11-20(12-8-18)43(37,38)34(16-25-32-41-42(36)33-25)26-23-6-4-3-5-22(23)24(15-31-26)35(17-27(28,29)30)44(39,40)21-13-9-19(2)10-14-21/h3-15H,16-17H2,1-2H3,(H,32,33). The van der Waals surface area contributed by atoms with Crippen molar-refractivity contribution in [2.75, 3.05) is 21.7 Å². The van der Waals surface area contributed by atoms with Gasteiger partial charge in [0.15, 0.2) is 11.7 Å². The van der Waals surface area contributed by atoms with E-state index in [4.69, 9.17) is 4.28 Å². The number of anilines is 2. The Bertz CT molecular complexity index is 1990. The molecule has 17 heteroatoms. The lowest BCUT2D eigenvalue weighted by Gasteiger charge is -2.29. The third-order valence-electron chi connectivity index (χ3n) is 6.51. The first-order chi connectivity index (χ1) is 20.7. The highest BCUT2D eigenvalue weighted by atomic mass is 32.2. The lowest BCUT2D eigenvalue weighted by atomic mass is 10.1. The van der Waals surface area contributed by atoms with Crippen molar-refractivity contribution in [3.63, 3.8) is 0 Å². The Hall–Kier alpha value is -4.06. The number of hydroxylamine groups is 1. The second-order valence-electron chi connectivity index (χ2n) is 9.72. The summed E-state index contributed by atoms with van der Waals surface area (Å²) < 4.78 is 118. The van der Waals surface area contributed by atoms with E-state index in [1.165, 1.54) is 60.7 Å². The quantitative estimate of drug-likeness (QED) is 0.279. The van der Waals surface area contributed by atoms with Crippen LogP contribution in [0.1, 0.15) is 11.1 Å². The maximum Gasteiger partial charge on any atom is 0.407 e. The molecule has 0 aliphatic carbocycles. The zero-order valence-electron chi connectivity index (χ0n) is 23.0. The van der Waals surface area contributed by atoms with Crippen LogP contribution in [0.3, 0.4) is 0 Å². The predicted molar refractivity (Wildman–Crippen MR) is 159 cm³/mol. The molecule has 1 N–H and O–H groups in total. The van der Waals surface area contributed by atoms with Gasteiger partial charge < -0.3 is 0 Å². The van der Waals surface area contributed by atoms with Crippen LogP contribution in [0.2, 0.25) is 0 Å². The highest BCUT2D eigenvalue weighted by molar-refractivity contribution is 7.93. The number of fused-ring (bicyclic) bond motifs is 1. The lowest BCUT2D eigenvalue weighted by molar-refractivity contribution is -0.117. The van der Waals surface area contributed by atoms with Gasteiger partial charge in [-0.1, -0.05) is 59.7 Å². The van der Waals surface area contributed by atoms with Gasteiger partial charge in [-0.05, 0) is 38.1 Å². The largest absolute Gasteiger partial charge is 0.407 e. The Morgan fingerprint density at radius 3 is 1.84 bits per heavy atom. The maximum atomic E-state index is 14.0. The normalized spacial score (nSPS) is 15.6. The molecule has 0 saturated heterocycles. The molecule has 232 valence electrons. The van der Waals surface area contributed by atoms with Crippen molar-refractivity contribution >= 4 is 59.4 Å². The number of hydrogen-bond donors (Lipinski definition) is 1. The molecule has 1 aliphatic heterocycles. The lowest BCUT2D eigenvalue weighted by Crippen LogP contribution is -2.40. The molecule has 2 heterocycles. The first-order valence-electron chi connectivity index (χ1n) is 12.7. The summed E-state index contributed by atoms with van der Waals surface area (Å²) in [7, 11) is -9.19. The number of alkyl halides is 3. The van der Waals surface area contributed by atoms with E-state index < -0.39 is 56.3 Å². The minimum Gasteiger partial charge on any atom is -0.255 e. The fourth-order valence-electron chi connectivity index (χ4n) is 4.38. The van der Waals surface area contributed by atoms with Crippen LogP contribution in [0.5, 0.6) is 0 Å². The Balaban J connectivity index is 1.72. The number of rotatable bonds is 9. The number of nitrogens with one attached hydrogen (secondary N) is 1. The number of aryl methyl sites for hydroxylation is 2. The molecule has 3 aromatic carbocycles. The van der Waals surface area contributed by atoms with Crippen molar-refractivity contribution in [2.45, 2.75) is 29.8 Å². The smallest absolute Gasteiger partial charge is 0.255 e. The van der Waals surface area contributed by atoms with E-state index >= 15 is 0 Å². The van der Waals surface area contributed by atoms with E-state index in [1.54, 1.807) is 26.0 Å². The molecule has 0 amide bonds. The summed E-state index contributed by atoms with van der Waals surface area (Å²) in [5.74, 6) is -0.374. The zero-order valence-corrected chi connectivity index (χ0v) is 25.5. The van der Waals surface area contributed by atoms with Crippen LogP contribution in [0.25, 0.3) is 10.8 Å². The fourth-order valence-corrected chi connectivity index (χ4v) is 7.71. The summed E-state index contributed by atoms with van der Waals surface area (Å²) in [5, 5.41) is -0.00436. The van der Waals surface area contributed by atoms with Crippen molar-refractivity contribution in [3.8, 4) is 0 Å². The number of halogens is 3. The van der Waals surface area contributed by atoms with E-state index in [0.29, 0.717) is 5.56 Å². The third kappa shape index (κ3) is 6.40. The molecular formula is C27H24F3N5O6S3. The molecule has 1 aromatic heterocycles. The summed E-state index contributed by atoms with van der Waals surface area (Å²) in [4.78, 5) is 3.71. The first kappa shape index (κ1) is 31.4. The molecule has 0 fully saturated rings. The number of amidine groups is 1. The van der Waals surface area contributed by atoms with E-state index in [1.807, 2.05) is 0 Å². The number of aromatic nitrogens is 1. The van der Waals surface area contributed by atoms with Crippen LogP contribution in [-0.2, 0) is 35.6 Å². The Kier molecular flexibility index (Phi) is 8.41. The second-order valence-corrected chi connectivity index (χ2v) is 14.2. The molecule has 0 saturated carbocycles. The molecule has 5 rings (SSSR count). The van der Waals surface area contributed by atoms with Crippen molar-refractivity contribution < 1.29 is 38.5 Å². The molecule has 11 nitrogen and oxygen atoms in total. The summed E-state index contributed by atoms with van der Waals surface area (Å²) in [6.45, 7) is 1.05. The van der Waals surface area contributed by atoms with Crippen LogP contribution in [-0.4, -0.2) is 51.1 Å². The molecule has 1 atom stereocenters. The van der Waals surface area contributed by atoms with Gasteiger partial charge in [-0.25, -0.2) is 35.8 Å². The maximum absolute atomic E-state index is 14.0. The average molecular weight is 668 g/mol. The molecule has 0 spiro atoms. The van der Waals surface area contributed by atoms with Gasteiger partial charge in [0, 0.05) is 10.8 Å². The Labute approximate surface area is 253 Å². The van der Waals surface area contributed by atoms with Crippen LogP contribution < -0.4 is 14.1 Å². The predicted octanol–water partition coefficient (Wildman–Crippen LogP) is 4.32. The fraction of sp³-hybridized carbons (Fsp3) is 0.185. The Morgan fingerprint density at radius 1 is 0.818 bits per heavy atom. The molecule has 44 heavy (non-hydrogen) atoms. The average Bonchev–Trinajstić information content (AvgIpc) is 3.39. The highest BCUT2D eigenvalue weighted by Crippen LogP contribution is 2.38. The number of pyridine rings is 1. The highest BCUT2D eigenvalue weighted by Gasteiger charge is 2.39. The molecule has 0 bridgehead atoms. The summed E-state index contributed by atoms with van der Waals surface area (Å²) in [6.07, 6.45) is -4.06. The molecule has 1 unspecified atom stereocenters. The van der Waals surface area contributed by atoms with Gasteiger partial charge in [-0.3, -0.25) is 4.31 Å². The van der Waals surface area contributed by atoms with Gasteiger partial charge in [0.25, 0.3) is 20.0 Å². The third-order valence-corrected chi connectivity index (χ3v) is 10.6. The van der Waals surface area contributed by atoms with Gasteiger partial charge in [0.05, 0.1) is 28.2 Å². The number of nitrogens with zero attached hydrogens (tertiary/aromatic N) is 4. The van der Waals surface area contributed by atoms with Crippen molar-refractivity contribution in [1.82, 2.24) is 10.5 Å². The zero-order chi connectivity index (χ0) is 31.9. The molecule has 1 aliphatic rings. The summed E-state index contributed by atoms with van der Waals surface area (Å²) in [6, 6.07) is 17.0. The van der Waals surface area contributed by atoms with Crippen molar-refractivity contribution in [1.29, 1.82) is 0 Å². The first-order valence-corrected chi connectivity index (χ1v) is 16.6. The van der Waals surface area contributed by atoms with Crippen molar-refractivity contribution in [2.24, 2.45) is 4.40 Å². The van der Waals surface area contributed by atoms with Crippen LogP contribution in [0.4, 0.5) is 24.7 Å². The number of sulfonamides is 2. The topological polar surface area (TPSA) is 138 Å². The molecule has 0 radical (unpaired) electrons. The van der Waals surface area contributed by atoms with Gasteiger partial charge >= 0.3 is 17.4 Å². The van der Waals surface area contributed by atoms with Crippen LogP contribution in [0.15, 0.2) is 93.2 Å². The SMILES string of the molecule is Cc1ccc(S(=O)(=O)N(CC(F)(F)F)c2cnc(N(CC3=NS(=O)ON3)S(=O)(=O)c3ccc(C)cc3)c3ccccc23)cc1. The second kappa shape index (κ2) is 11.8. The minimum atomic E-state index is -4.94. The van der Waals surface area contributed by atoms with E-state index in [9.17, 15) is 34.2 Å². The summed E-state index contributed by atoms with van der Waals surface area (Å²) >= 11 is -2.12. The number of hydrogen-bond acceptors (Lipinski definition) is 8. The van der Waals surface area contributed by atoms with E-state index in [0.717, 1.165) is 16.1 Å². The monoisotopic (exact) mass is 667 g/mol. The van der Waals surface area contributed by atoms with Gasteiger partial charge in [0.2, 0.25) is 0 Å². The molecule has 4 aromatic rings. The summed E-state index contributed by atoms with van der Waals surface area (Å²) in [5.41, 5.74) is 3.36. The van der Waals surface area contributed by atoms with E-state index in [-0.39, 0.29) is 36.5 Å². The van der Waals surface area contributed by atoms with E-state index in [2.05, 4.69) is 14.9 Å². The van der Waals surface area contributed by atoms with Crippen LogP contribution in [0, 0.1) is 13.8 Å². The van der Waals surface area contributed by atoms with Crippen LogP contribution >= 0.6 is 0 Å². The Morgan fingerprint density at radius 2 is 1.34 bits per heavy atom. The minimum absolute atomic E-state index is 0.0209. The number of benzene rings is 3.